The number of hydrogen-bond donors (Lipinski definition) is 0. The fraction of sp³-hybridized carbons (Fsp3) is 0.500. The number of nitrogens with zero attached hydrogens (tertiary/aromatic N) is 1. The van der Waals surface area contributed by atoms with Gasteiger partial charge in [0.1, 0.15) is 10.8 Å². The summed E-state index contributed by atoms with van der Waals surface area (Å²) in [6.45, 7) is 7.87. The molecule has 2 heterocycles. The summed E-state index contributed by atoms with van der Waals surface area (Å²) < 4.78 is 11.7. The molecule has 0 aliphatic carbocycles. The van der Waals surface area contributed by atoms with E-state index in [1.54, 1.807) is 12.1 Å². The van der Waals surface area contributed by atoms with E-state index in [-0.39, 0.29) is 5.15 Å². The standard InChI is InChI=1S/C12H15BClNO3/c1-11(2)12(3,4)18-13(17-11)9-6-5-8(7-16)15-10(9)14/h5-7H,1-4H3. The van der Waals surface area contributed by atoms with Gasteiger partial charge in [0.2, 0.25) is 0 Å². The van der Waals surface area contributed by atoms with Crippen molar-refractivity contribution in [2.75, 3.05) is 0 Å². The first-order valence-corrected chi connectivity index (χ1v) is 6.12. The summed E-state index contributed by atoms with van der Waals surface area (Å²) in [7, 11) is -0.560. The lowest BCUT2D eigenvalue weighted by Crippen LogP contribution is -2.41. The van der Waals surface area contributed by atoms with Crippen molar-refractivity contribution in [1.29, 1.82) is 0 Å². The minimum Gasteiger partial charge on any atom is -0.399 e. The average Bonchev–Trinajstić information content (AvgIpc) is 2.47. The number of rotatable bonds is 2. The number of aldehydes is 1. The van der Waals surface area contributed by atoms with E-state index in [9.17, 15) is 4.79 Å². The van der Waals surface area contributed by atoms with Crippen LogP contribution in [0.1, 0.15) is 38.2 Å². The zero-order valence-corrected chi connectivity index (χ0v) is 11.6. The minimum atomic E-state index is -0.560. The normalized spacial score (nSPS) is 21.1. The number of pyridine rings is 1. The van der Waals surface area contributed by atoms with Crippen molar-refractivity contribution in [3.05, 3.63) is 23.0 Å². The molecule has 0 atom stereocenters. The molecule has 6 heteroatoms. The summed E-state index contributed by atoms with van der Waals surface area (Å²) in [5, 5.41) is 0.234. The molecule has 1 aliphatic rings. The third-order valence-corrected chi connectivity index (χ3v) is 3.83. The lowest BCUT2D eigenvalue weighted by Gasteiger charge is -2.32. The molecule has 1 aliphatic heterocycles. The molecule has 0 unspecified atom stereocenters. The van der Waals surface area contributed by atoms with Crippen LogP contribution in [-0.4, -0.2) is 29.6 Å². The molecule has 0 aromatic carbocycles. The van der Waals surface area contributed by atoms with E-state index in [0.29, 0.717) is 17.4 Å². The summed E-state index contributed by atoms with van der Waals surface area (Å²) in [5.74, 6) is 0. The third kappa shape index (κ3) is 2.18. The van der Waals surface area contributed by atoms with Gasteiger partial charge >= 0.3 is 7.12 Å². The van der Waals surface area contributed by atoms with Gasteiger partial charge in [0.15, 0.2) is 6.29 Å². The van der Waals surface area contributed by atoms with Crippen molar-refractivity contribution in [2.24, 2.45) is 0 Å². The Balaban J connectivity index is 2.32. The van der Waals surface area contributed by atoms with Gasteiger partial charge in [-0.1, -0.05) is 17.7 Å². The maximum absolute atomic E-state index is 10.6. The van der Waals surface area contributed by atoms with Gasteiger partial charge in [-0.3, -0.25) is 4.79 Å². The predicted octanol–water partition coefficient (Wildman–Crippen LogP) is 1.85. The summed E-state index contributed by atoms with van der Waals surface area (Å²) in [6.07, 6.45) is 0.653. The van der Waals surface area contributed by atoms with Crippen molar-refractivity contribution in [3.63, 3.8) is 0 Å². The van der Waals surface area contributed by atoms with Gasteiger partial charge < -0.3 is 9.31 Å². The van der Waals surface area contributed by atoms with E-state index in [1.807, 2.05) is 27.7 Å². The van der Waals surface area contributed by atoms with Crippen LogP contribution in [0.2, 0.25) is 5.15 Å². The zero-order valence-electron chi connectivity index (χ0n) is 10.9. The zero-order chi connectivity index (χ0) is 13.6. The molecule has 18 heavy (non-hydrogen) atoms. The lowest BCUT2D eigenvalue weighted by molar-refractivity contribution is 0.00578. The van der Waals surface area contributed by atoms with Crippen LogP contribution in [0.25, 0.3) is 0 Å². The highest BCUT2D eigenvalue weighted by atomic mass is 35.5. The first-order chi connectivity index (χ1) is 8.27. The molecule has 2 rings (SSSR count). The molecule has 0 radical (unpaired) electrons. The van der Waals surface area contributed by atoms with Gasteiger partial charge in [-0.15, -0.1) is 0 Å². The highest BCUT2D eigenvalue weighted by Crippen LogP contribution is 2.36. The van der Waals surface area contributed by atoms with Crippen LogP contribution in [0, 0.1) is 0 Å². The number of carbonyl (C=O) groups excluding carboxylic acids is 1. The van der Waals surface area contributed by atoms with Crippen LogP contribution in [-0.2, 0) is 9.31 Å². The van der Waals surface area contributed by atoms with Crippen LogP contribution in [0.3, 0.4) is 0 Å². The second kappa shape index (κ2) is 4.33. The molecule has 0 N–H and O–H groups in total. The molecule has 1 saturated heterocycles. The van der Waals surface area contributed by atoms with Gasteiger partial charge in [-0.25, -0.2) is 4.98 Å². The van der Waals surface area contributed by atoms with E-state index >= 15 is 0 Å². The summed E-state index contributed by atoms with van der Waals surface area (Å²) in [5.41, 5.74) is 0.0791. The second-order valence-electron chi connectivity index (χ2n) is 5.32. The Kier molecular flexibility index (Phi) is 3.26. The first kappa shape index (κ1) is 13.5. The summed E-state index contributed by atoms with van der Waals surface area (Å²) in [6, 6.07) is 3.31. The average molecular weight is 268 g/mol. The van der Waals surface area contributed by atoms with Crippen molar-refractivity contribution in [2.45, 2.75) is 38.9 Å². The molecule has 96 valence electrons. The molecule has 0 bridgehead atoms. The molecule has 4 nitrogen and oxygen atoms in total. The lowest BCUT2D eigenvalue weighted by atomic mass is 9.80. The Hall–Kier alpha value is -0.905. The van der Waals surface area contributed by atoms with Gasteiger partial charge in [0.25, 0.3) is 0 Å². The molecule has 1 fully saturated rings. The van der Waals surface area contributed by atoms with E-state index in [1.165, 1.54) is 0 Å². The fourth-order valence-corrected chi connectivity index (χ4v) is 1.92. The van der Waals surface area contributed by atoms with E-state index in [0.717, 1.165) is 0 Å². The van der Waals surface area contributed by atoms with Crippen LogP contribution in [0.5, 0.6) is 0 Å². The van der Waals surface area contributed by atoms with Crippen molar-refractivity contribution in [1.82, 2.24) is 4.98 Å². The summed E-state index contributed by atoms with van der Waals surface area (Å²) in [4.78, 5) is 14.6. The Morgan fingerprint density at radius 1 is 1.22 bits per heavy atom. The van der Waals surface area contributed by atoms with Crippen LogP contribution in [0.15, 0.2) is 12.1 Å². The maximum atomic E-state index is 10.6. The topological polar surface area (TPSA) is 48.4 Å². The number of halogens is 1. The summed E-state index contributed by atoms with van der Waals surface area (Å²) >= 11 is 6.04. The monoisotopic (exact) mass is 267 g/mol. The Morgan fingerprint density at radius 2 is 1.78 bits per heavy atom. The van der Waals surface area contributed by atoms with Crippen LogP contribution < -0.4 is 5.46 Å². The second-order valence-corrected chi connectivity index (χ2v) is 5.68. The molecule has 0 amide bonds. The quantitative estimate of drug-likeness (QED) is 0.466. The van der Waals surface area contributed by atoms with Gasteiger partial charge in [0.05, 0.1) is 11.2 Å². The van der Waals surface area contributed by atoms with Crippen LogP contribution in [0.4, 0.5) is 0 Å². The van der Waals surface area contributed by atoms with Crippen molar-refractivity contribution < 1.29 is 14.1 Å². The van der Waals surface area contributed by atoms with Crippen LogP contribution >= 0.6 is 11.6 Å². The number of carbonyl (C=O) groups is 1. The molecule has 1 aromatic rings. The Morgan fingerprint density at radius 3 is 2.22 bits per heavy atom. The SMILES string of the molecule is CC1(C)OB(c2ccc(C=O)nc2Cl)OC1(C)C. The van der Waals surface area contributed by atoms with E-state index < -0.39 is 18.3 Å². The fourth-order valence-electron chi connectivity index (χ4n) is 1.67. The largest absolute Gasteiger partial charge is 0.498 e. The Labute approximate surface area is 112 Å². The maximum Gasteiger partial charge on any atom is 0.498 e. The molecular formula is C12H15BClNO3. The molecular weight excluding hydrogens is 252 g/mol. The molecule has 1 aromatic heterocycles. The third-order valence-electron chi connectivity index (χ3n) is 3.53. The predicted molar refractivity (Wildman–Crippen MR) is 70.4 cm³/mol. The van der Waals surface area contributed by atoms with Gasteiger partial charge in [0, 0.05) is 5.46 Å². The molecule has 0 saturated carbocycles. The smallest absolute Gasteiger partial charge is 0.399 e. The van der Waals surface area contributed by atoms with Crippen molar-refractivity contribution in [3.8, 4) is 0 Å². The molecule has 0 spiro atoms. The Bertz CT molecular complexity index is 474. The highest BCUT2D eigenvalue weighted by Gasteiger charge is 2.52. The van der Waals surface area contributed by atoms with Crippen molar-refractivity contribution >= 4 is 30.5 Å². The first-order valence-electron chi connectivity index (χ1n) is 5.74. The minimum absolute atomic E-state index is 0.234. The van der Waals surface area contributed by atoms with E-state index in [4.69, 9.17) is 20.9 Å². The van der Waals surface area contributed by atoms with Gasteiger partial charge in [-0.2, -0.15) is 0 Å². The number of hydrogen-bond acceptors (Lipinski definition) is 4. The van der Waals surface area contributed by atoms with Gasteiger partial charge in [-0.05, 0) is 33.8 Å². The highest BCUT2D eigenvalue weighted by molar-refractivity contribution is 6.65. The number of aromatic nitrogens is 1. The van der Waals surface area contributed by atoms with E-state index in [2.05, 4.69) is 4.98 Å².